The van der Waals surface area contributed by atoms with E-state index >= 15 is 0 Å². The number of anilines is 1. The molecule has 0 spiro atoms. The Kier molecular flexibility index (Phi) is 6.07. The number of carbonyl (C=O) groups excluding carboxylic acids is 1. The number of carbonyl (C=O) groups is 1. The van der Waals surface area contributed by atoms with Crippen LogP contribution in [0.2, 0.25) is 5.02 Å². The molecule has 0 aliphatic rings. The molecular weight excluding hydrogens is 425 g/mol. The van der Waals surface area contributed by atoms with Crippen LogP contribution >= 0.6 is 11.6 Å². The van der Waals surface area contributed by atoms with Gasteiger partial charge in [-0.2, -0.15) is 5.26 Å². The van der Waals surface area contributed by atoms with Crippen LogP contribution in [0.25, 0.3) is 17.0 Å². The third-order valence-electron chi connectivity index (χ3n) is 5.20. The predicted octanol–water partition coefficient (Wildman–Crippen LogP) is 6.34. The molecule has 1 N–H and O–H groups in total. The van der Waals surface area contributed by atoms with E-state index in [0.29, 0.717) is 17.3 Å². The fourth-order valence-electron chi connectivity index (χ4n) is 3.53. The molecule has 0 bridgehead atoms. The Morgan fingerprint density at radius 2 is 1.91 bits per heavy atom. The number of nitriles is 1. The molecular formula is C26H19ClFN3O. The van der Waals surface area contributed by atoms with Crippen LogP contribution in [-0.2, 0) is 11.3 Å². The maximum Gasteiger partial charge on any atom is 0.266 e. The molecule has 0 fully saturated rings. The number of halogens is 2. The molecule has 0 saturated heterocycles. The highest BCUT2D eigenvalue weighted by molar-refractivity contribution is 6.31. The van der Waals surface area contributed by atoms with Gasteiger partial charge in [-0.05, 0) is 54.5 Å². The van der Waals surface area contributed by atoms with Gasteiger partial charge < -0.3 is 9.88 Å². The van der Waals surface area contributed by atoms with Crippen LogP contribution in [0.5, 0.6) is 0 Å². The largest absolute Gasteiger partial charge is 0.342 e. The highest BCUT2D eigenvalue weighted by Gasteiger charge is 2.14. The predicted molar refractivity (Wildman–Crippen MR) is 126 cm³/mol. The smallest absolute Gasteiger partial charge is 0.266 e. The first-order valence-electron chi connectivity index (χ1n) is 9.96. The molecule has 32 heavy (non-hydrogen) atoms. The van der Waals surface area contributed by atoms with Crippen molar-refractivity contribution < 1.29 is 9.18 Å². The number of rotatable bonds is 5. The molecule has 4 nitrogen and oxygen atoms in total. The van der Waals surface area contributed by atoms with Gasteiger partial charge >= 0.3 is 0 Å². The van der Waals surface area contributed by atoms with Gasteiger partial charge in [0, 0.05) is 39.9 Å². The second-order valence-electron chi connectivity index (χ2n) is 7.44. The van der Waals surface area contributed by atoms with Crippen molar-refractivity contribution in [2.45, 2.75) is 13.5 Å². The van der Waals surface area contributed by atoms with Gasteiger partial charge in [0.25, 0.3) is 5.91 Å². The Morgan fingerprint density at radius 3 is 2.66 bits per heavy atom. The van der Waals surface area contributed by atoms with Crippen LogP contribution in [-0.4, -0.2) is 10.5 Å². The first-order chi connectivity index (χ1) is 15.4. The van der Waals surface area contributed by atoms with E-state index in [1.165, 1.54) is 12.1 Å². The molecule has 0 aliphatic heterocycles. The van der Waals surface area contributed by atoms with Crippen molar-refractivity contribution in [3.05, 3.63) is 106 Å². The summed E-state index contributed by atoms with van der Waals surface area (Å²) in [5.41, 5.74) is 4.02. The Hall–Kier alpha value is -3.88. The van der Waals surface area contributed by atoms with E-state index in [-0.39, 0.29) is 11.4 Å². The number of hydrogen-bond acceptors (Lipinski definition) is 2. The van der Waals surface area contributed by atoms with Gasteiger partial charge in [0.2, 0.25) is 0 Å². The molecule has 0 radical (unpaired) electrons. The van der Waals surface area contributed by atoms with Gasteiger partial charge in [0.15, 0.2) is 0 Å². The summed E-state index contributed by atoms with van der Waals surface area (Å²) < 4.78 is 15.3. The van der Waals surface area contributed by atoms with Crippen molar-refractivity contribution >= 4 is 40.2 Å². The third kappa shape index (κ3) is 4.56. The minimum absolute atomic E-state index is 0.0194. The highest BCUT2D eigenvalue weighted by Crippen LogP contribution is 2.26. The van der Waals surface area contributed by atoms with Gasteiger partial charge in [-0.15, -0.1) is 0 Å². The Labute approximate surface area is 190 Å². The zero-order valence-corrected chi connectivity index (χ0v) is 18.0. The standard InChI is InChI=1S/C26H19ClFN3O/c1-17-6-9-21(27)13-24(17)30-26(32)19(14-29)12-20-16-31(25-5-3-2-4-23(20)25)15-18-7-10-22(28)11-8-18/h2-13,16H,15H2,1H3,(H,30,32)/b19-12-. The summed E-state index contributed by atoms with van der Waals surface area (Å²) in [4.78, 5) is 12.8. The molecule has 0 saturated carbocycles. The number of para-hydroxylation sites is 1. The molecule has 4 rings (SSSR count). The lowest BCUT2D eigenvalue weighted by Crippen LogP contribution is -2.14. The van der Waals surface area contributed by atoms with E-state index in [9.17, 15) is 14.4 Å². The molecule has 1 aromatic heterocycles. The summed E-state index contributed by atoms with van der Waals surface area (Å²) in [6, 6.07) is 21.3. The second kappa shape index (κ2) is 9.09. The molecule has 4 aromatic rings. The fourth-order valence-corrected chi connectivity index (χ4v) is 3.70. The van der Waals surface area contributed by atoms with Crippen LogP contribution < -0.4 is 5.32 Å². The van der Waals surface area contributed by atoms with Crippen molar-refractivity contribution in [1.29, 1.82) is 5.26 Å². The molecule has 0 atom stereocenters. The van der Waals surface area contributed by atoms with Crippen molar-refractivity contribution in [1.82, 2.24) is 4.57 Å². The molecule has 1 amide bonds. The van der Waals surface area contributed by atoms with E-state index in [2.05, 4.69) is 5.32 Å². The lowest BCUT2D eigenvalue weighted by Gasteiger charge is -2.08. The molecule has 1 heterocycles. The summed E-state index contributed by atoms with van der Waals surface area (Å²) in [6.07, 6.45) is 3.47. The lowest BCUT2D eigenvalue weighted by molar-refractivity contribution is -0.112. The summed E-state index contributed by atoms with van der Waals surface area (Å²) in [5, 5.41) is 13.8. The number of nitrogens with one attached hydrogen (secondary N) is 1. The summed E-state index contributed by atoms with van der Waals surface area (Å²) in [5.74, 6) is -0.789. The zero-order chi connectivity index (χ0) is 22.7. The van der Waals surface area contributed by atoms with Gasteiger partial charge in [0.1, 0.15) is 17.5 Å². The highest BCUT2D eigenvalue weighted by atomic mass is 35.5. The zero-order valence-electron chi connectivity index (χ0n) is 17.3. The molecule has 158 valence electrons. The minimum atomic E-state index is -0.506. The van der Waals surface area contributed by atoms with Gasteiger partial charge in [0.05, 0.1) is 0 Å². The van der Waals surface area contributed by atoms with Crippen LogP contribution in [0.4, 0.5) is 10.1 Å². The number of hydrogen-bond donors (Lipinski definition) is 1. The summed E-state index contributed by atoms with van der Waals surface area (Å²) >= 11 is 6.03. The number of fused-ring (bicyclic) bond motifs is 1. The average molecular weight is 444 g/mol. The van der Waals surface area contributed by atoms with Crippen LogP contribution in [0, 0.1) is 24.1 Å². The van der Waals surface area contributed by atoms with E-state index in [4.69, 9.17) is 11.6 Å². The average Bonchev–Trinajstić information content (AvgIpc) is 3.13. The van der Waals surface area contributed by atoms with E-state index in [0.717, 1.165) is 27.6 Å². The molecule has 0 aliphatic carbocycles. The van der Waals surface area contributed by atoms with Crippen LogP contribution in [0.15, 0.2) is 78.5 Å². The van der Waals surface area contributed by atoms with Gasteiger partial charge in [-0.3, -0.25) is 4.79 Å². The van der Waals surface area contributed by atoms with Crippen LogP contribution in [0.1, 0.15) is 16.7 Å². The maximum atomic E-state index is 13.3. The van der Waals surface area contributed by atoms with Gasteiger partial charge in [-0.25, -0.2) is 4.39 Å². The van der Waals surface area contributed by atoms with E-state index < -0.39 is 5.91 Å². The van der Waals surface area contributed by atoms with Crippen molar-refractivity contribution in [2.24, 2.45) is 0 Å². The number of aryl methyl sites for hydroxylation is 1. The number of benzene rings is 3. The van der Waals surface area contributed by atoms with E-state index in [1.54, 1.807) is 36.4 Å². The van der Waals surface area contributed by atoms with Gasteiger partial charge in [-0.1, -0.05) is 48.0 Å². The third-order valence-corrected chi connectivity index (χ3v) is 5.43. The minimum Gasteiger partial charge on any atom is -0.342 e. The maximum absolute atomic E-state index is 13.3. The quantitative estimate of drug-likeness (QED) is 0.289. The monoisotopic (exact) mass is 443 g/mol. The van der Waals surface area contributed by atoms with Crippen molar-refractivity contribution in [3.63, 3.8) is 0 Å². The second-order valence-corrected chi connectivity index (χ2v) is 7.88. The van der Waals surface area contributed by atoms with E-state index in [1.807, 2.05) is 48.0 Å². The molecule has 3 aromatic carbocycles. The van der Waals surface area contributed by atoms with Crippen LogP contribution in [0.3, 0.4) is 0 Å². The normalized spacial score (nSPS) is 11.4. The Bertz CT molecular complexity index is 1380. The topological polar surface area (TPSA) is 57.8 Å². The Morgan fingerprint density at radius 1 is 1.16 bits per heavy atom. The summed E-state index contributed by atoms with van der Waals surface area (Å²) in [6.45, 7) is 2.38. The molecule has 6 heteroatoms. The number of nitrogens with zero attached hydrogens (tertiary/aromatic N) is 2. The number of aromatic nitrogens is 1. The first kappa shape index (κ1) is 21.4. The summed E-state index contributed by atoms with van der Waals surface area (Å²) in [7, 11) is 0. The number of amides is 1. The fraction of sp³-hybridized carbons (Fsp3) is 0.0769. The van der Waals surface area contributed by atoms with Crippen molar-refractivity contribution in [3.8, 4) is 6.07 Å². The SMILES string of the molecule is Cc1ccc(Cl)cc1NC(=O)/C(C#N)=C\c1cn(Cc2ccc(F)cc2)c2ccccc12. The Balaban J connectivity index is 1.68. The lowest BCUT2D eigenvalue weighted by atomic mass is 10.1. The van der Waals surface area contributed by atoms with Crippen molar-refractivity contribution in [2.75, 3.05) is 5.32 Å². The molecule has 0 unspecified atom stereocenters. The first-order valence-corrected chi connectivity index (χ1v) is 10.3.